The summed E-state index contributed by atoms with van der Waals surface area (Å²) in [6, 6.07) is 6.64. The Balaban J connectivity index is 1.88. The molecule has 0 unspecified atom stereocenters. The Hall–Kier alpha value is -2.83. The van der Waals surface area contributed by atoms with E-state index in [2.05, 4.69) is 15.7 Å². The lowest BCUT2D eigenvalue weighted by Crippen LogP contribution is -2.30. The third-order valence-corrected chi connectivity index (χ3v) is 5.18. The number of carbonyl (C=O) groups is 2. The Morgan fingerprint density at radius 1 is 1.24 bits per heavy atom. The molecule has 156 valence electrons. The zero-order valence-electron chi connectivity index (χ0n) is 17.4. The van der Waals surface area contributed by atoms with E-state index >= 15 is 0 Å². The van der Waals surface area contributed by atoms with Gasteiger partial charge in [0, 0.05) is 36.2 Å². The van der Waals surface area contributed by atoms with Crippen LogP contribution in [-0.4, -0.2) is 33.4 Å². The molecule has 1 aliphatic carbocycles. The quantitative estimate of drug-likeness (QED) is 0.669. The predicted octanol–water partition coefficient (Wildman–Crippen LogP) is 4.48. The Kier molecular flexibility index (Phi) is 6.56. The number of phenolic OH excluding ortho intramolecular Hbond substituents is 1. The third-order valence-electron chi connectivity index (χ3n) is 5.18. The minimum absolute atomic E-state index is 0.0193. The number of hydrogen-bond donors (Lipinski definition) is 3. The van der Waals surface area contributed by atoms with Crippen LogP contribution in [0.25, 0.3) is 11.3 Å². The molecular weight excluding hydrogens is 368 g/mol. The van der Waals surface area contributed by atoms with Crippen molar-refractivity contribution in [3.63, 3.8) is 0 Å². The van der Waals surface area contributed by atoms with Gasteiger partial charge in [-0.25, -0.2) is 4.79 Å². The number of carbonyl (C=O) groups excluding carboxylic acids is 2. The first-order valence-corrected chi connectivity index (χ1v) is 10.4. The molecule has 3 rings (SSSR count). The number of rotatable bonds is 6. The zero-order chi connectivity index (χ0) is 21.0. The van der Waals surface area contributed by atoms with E-state index in [1.165, 1.54) is 10.7 Å². The van der Waals surface area contributed by atoms with Gasteiger partial charge >= 0.3 is 6.03 Å². The van der Waals surface area contributed by atoms with Gasteiger partial charge in [0.2, 0.25) is 5.91 Å². The molecule has 1 heterocycles. The Morgan fingerprint density at radius 3 is 2.59 bits per heavy atom. The molecule has 2 amide bonds. The number of anilines is 1. The number of benzene rings is 1. The van der Waals surface area contributed by atoms with Gasteiger partial charge in [-0.05, 0) is 43.9 Å². The summed E-state index contributed by atoms with van der Waals surface area (Å²) in [7, 11) is 0. The van der Waals surface area contributed by atoms with E-state index in [-0.39, 0.29) is 23.6 Å². The molecule has 7 heteroatoms. The van der Waals surface area contributed by atoms with Crippen LogP contribution in [0.1, 0.15) is 64.5 Å². The average Bonchev–Trinajstić information content (AvgIpc) is 3.31. The van der Waals surface area contributed by atoms with Crippen molar-refractivity contribution in [1.29, 1.82) is 0 Å². The van der Waals surface area contributed by atoms with Crippen LogP contribution in [0.3, 0.4) is 0 Å². The minimum atomic E-state index is -0.252. The normalized spacial score (nSPS) is 14.3. The average molecular weight is 399 g/mol. The van der Waals surface area contributed by atoms with Crippen LogP contribution in [0.2, 0.25) is 0 Å². The van der Waals surface area contributed by atoms with E-state index in [0.717, 1.165) is 31.4 Å². The number of aromatic nitrogens is 2. The Bertz CT molecular complexity index is 882. The van der Waals surface area contributed by atoms with Crippen LogP contribution in [0, 0.1) is 5.92 Å². The lowest BCUT2D eigenvalue weighted by atomic mass is 10.0. The molecule has 1 fully saturated rings. The molecule has 2 aromatic rings. The highest BCUT2D eigenvalue weighted by Gasteiger charge is 2.25. The van der Waals surface area contributed by atoms with Gasteiger partial charge in [0.25, 0.3) is 0 Å². The van der Waals surface area contributed by atoms with Crippen LogP contribution < -0.4 is 10.6 Å². The number of amides is 2. The van der Waals surface area contributed by atoms with Crippen molar-refractivity contribution in [2.45, 2.75) is 58.8 Å². The summed E-state index contributed by atoms with van der Waals surface area (Å²) in [5.41, 5.74) is 2.51. The molecule has 0 spiro atoms. The van der Waals surface area contributed by atoms with E-state index in [4.69, 9.17) is 0 Å². The maximum atomic E-state index is 12.5. The number of nitrogens with zero attached hydrogens (tertiary/aromatic N) is 2. The first-order chi connectivity index (χ1) is 13.9. The molecular formula is C22H30N4O3. The molecule has 0 atom stereocenters. The summed E-state index contributed by atoms with van der Waals surface area (Å²) in [5, 5.41) is 20.6. The molecule has 1 aromatic heterocycles. The van der Waals surface area contributed by atoms with Crippen molar-refractivity contribution in [2.75, 3.05) is 11.9 Å². The number of aromatic hydroxyl groups is 1. The molecule has 0 saturated heterocycles. The maximum absolute atomic E-state index is 12.5. The lowest BCUT2D eigenvalue weighted by Gasteiger charge is -2.11. The van der Waals surface area contributed by atoms with Gasteiger partial charge in [0.05, 0.1) is 11.4 Å². The predicted molar refractivity (Wildman–Crippen MR) is 113 cm³/mol. The fraction of sp³-hybridized carbons (Fsp3) is 0.500. The molecule has 0 aliphatic heterocycles. The second-order valence-electron chi connectivity index (χ2n) is 8.06. The standard InChI is InChI=1S/C22H30N4O3/c1-4-23-22(29)26-19(15-7-5-6-8-15)13-18(25-26)17-10-9-16(12-20(17)27)24-21(28)11-14(2)3/h9-10,12-15,27H,4-8,11H2,1-3H3,(H,23,29)(H,24,28). The summed E-state index contributed by atoms with van der Waals surface area (Å²) in [5.74, 6) is 0.493. The molecule has 1 saturated carbocycles. The van der Waals surface area contributed by atoms with Crippen molar-refractivity contribution >= 4 is 17.6 Å². The van der Waals surface area contributed by atoms with E-state index in [1.807, 2.05) is 26.8 Å². The number of nitrogens with one attached hydrogen (secondary N) is 2. The molecule has 3 N–H and O–H groups in total. The molecule has 0 bridgehead atoms. The van der Waals surface area contributed by atoms with E-state index < -0.39 is 0 Å². The van der Waals surface area contributed by atoms with Crippen molar-refractivity contribution < 1.29 is 14.7 Å². The van der Waals surface area contributed by atoms with Gasteiger partial charge in [-0.2, -0.15) is 9.78 Å². The number of phenols is 1. The summed E-state index contributed by atoms with van der Waals surface area (Å²) in [4.78, 5) is 24.5. The fourth-order valence-electron chi connectivity index (χ4n) is 3.84. The summed E-state index contributed by atoms with van der Waals surface area (Å²) in [6.07, 6.45) is 4.80. The first-order valence-electron chi connectivity index (χ1n) is 10.4. The zero-order valence-corrected chi connectivity index (χ0v) is 17.4. The highest BCUT2D eigenvalue weighted by atomic mass is 16.3. The molecule has 1 aromatic carbocycles. The second-order valence-corrected chi connectivity index (χ2v) is 8.06. The van der Waals surface area contributed by atoms with E-state index in [9.17, 15) is 14.7 Å². The van der Waals surface area contributed by atoms with Crippen molar-refractivity contribution in [1.82, 2.24) is 15.1 Å². The highest BCUT2D eigenvalue weighted by Crippen LogP contribution is 2.37. The van der Waals surface area contributed by atoms with Gasteiger partial charge in [0.1, 0.15) is 5.75 Å². The molecule has 1 aliphatic rings. The van der Waals surface area contributed by atoms with E-state index in [0.29, 0.717) is 35.8 Å². The van der Waals surface area contributed by atoms with Crippen molar-refractivity contribution in [3.8, 4) is 17.0 Å². The third kappa shape index (κ3) is 4.96. The number of hydrogen-bond acceptors (Lipinski definition) is 4. The Morgan fingerprint density at radius 2 is 1.97 bits per heavy atom. The van der Waals surface area contributed by atoms with Crippen LogP contribution >= 0.6 is 0 Å². The summed E-state index contributed by atoms with van der Waals surface area (Å²) in [6.45, 7) is 6.35. The first kappa shape index (κ1) is 20.9. The monoisotopic (exact) mass is 398 g/mol. The van der Waals surface area contributed by atoms with Crippen LogP contribution in [0.5, 0.6) is 5.75 Å². The van der Waals surface area contributed by atoms with Gasteiger partial charge in [-0.3, -0.25) is 4.79 Å². The van der Waals surface area contributed by atoms with Gasteiger partial charge < -0.3 is 15.7 Å². The SMILES string of the molecule is CCNC(=O)n1nc(-c2ccc(NC(=O)CC(C)C)cc2O)cc1C1CCCC1. The molecule has 29 heavy (non-hydrogen) atoms. The summed E-state index contributed by atoms with van der Waals surface area (Å²) >= 11 is 0. The largest absolute Gasteiger partial charge is 0.507 e. The van der Waals surface area contributed by atoms with E-state index in [1.54, 1.807) is 12.1 Å². The van der Waals surface area contributed by atoms with Crippen LogP contribution in [-0.2, 0) is 4.79 Å². The van der Waals surface area contributed by atoms with Crippen molar-refractivity contribution in [3.05, 3.63) is 30.0 Å². The van der Waals surface area contributed by atoms with Crippen LogP contribution in [0.4, 0.5) is 10.5 Å². The molecule has 0 radical (unpaired) electrons. The lowest BCUT2D eigenvalue weighted by molar-refractivity contribution is -0.116. The smallest absolute Gasteiger partial charge is 0.342 e. The fourth-order valence-corrected chi connectivity index (χ4v) is 3.84. The maximum Gasteiger partial charge on any atom is 0.342 e. The van der Waals surface area contributed by atoms with Crippen LogP contribution in [0.15, 0.2) is 24.3 Å². The van der Waals surface area contributed by atoms with Gasteiger partial charge in [-0.15, -0.1) is 0 Å². The minimum Gasteiger partial charge on any atom is -0.507 e. The Labute approximate surface area is 171 Å². The highest BCUT2D eigenvalue weighted by molar-refractivity contribution is 5.91. The van der Waals surface area contributed by atoms with Gasteiger partial charge in [-0.1, -0.05) is 26.7 Å². The summed E-state index contributed by atoms with van der Waals surface area (Å²) < 4.78 is 1.44. The van der Waals surface area contributed by atoms with Crippen molar-refractivity contribution in [2.24, 2.45) is 5.92 Å². The molecule has 7 nitrogen and oxygen atoms in total. The second kappa shape index (κ2) is 9.11. The van der Waals surface area contributed by atoms with Gasteiger partial charge in [0.15, 0.2) is 0 Å². The topological polar surface area (TPSA) is 96.3 Å².